The number of alkyl halides is 1. The third kappa shape index (κ3) is 3.16. The Bertz CT molecular complexity index is 497. The zero-order chi connectivity index (χ0) is 12.4. The molecule has 1 atom stereocenters. The summed E-state index contributed by atoms with van der Waals surface area (Å²) in [6.45, 7) is 2.04. The van der Waals surface area contributed by atoms with Crippen molar-refractivity contribution in [1.82, 2.24) is 0 Å². The van der Waals surface area contributed by atoms with E-state index in [1.165, 1.54) is 5.56 Å². The molecule has 0 radical (unpaired) electrons. The smallest absolute Gasteiger partial charge is 0.0836 e. The van der Waals surface area contributed by atoms with Crippen molar-refractivity contribution in [2.75, 3.05) is 0 Å². The van der Waals surface area contributed by atoms with Gasteiger partial charge in [0.15, 0.2) is 0 Å². The number of benzene rings is 2. The van der Waals surface area contributed by atoms with Crippen molar-refractivity contribution < 1.29 is 0 Å². The molecule has 17 heavy (non-hydrogen) atoms. The van der Waals surface area contributed by atoms with Gasteiger partial charge in [-0.25, -0.2) is 0 Å². The zero-order valence-corrected chi connectivity index (χ0v) is 11.5. The van der Waals surface area contributed by atoms with Crippen LogP contribution < -0.4 is 0 Å². The van der Waals surface area contributed by atoms with E-state index in [1.54, 1.807) is 6.07 Å². The molecule has 1 unspecified atom stereocenters. The lowest BCUT2D eigenvalue weighted by Crippen LogP contribution is -1.93. The number of aryl methyl sites for hydroxylation is 1. The van der Waals surface area contributed by atoms with E-state index in [4.69, 9.17) is 34.8 Å². The number of halogens is 3. The summed E-state index contributed by atoms with van der Waals surface area (Å²) >= 11 is 18.3. The molecule has 2 aromatic carbocycles. The van der Waals surface area contributed by atoms with Crippen molar-refractivity contribution in [1.29, 1.82) is 0 Å². The van der Waals surface area contributed by atoms with E-state index in [1.807, 2.05) is 43.3 Å². The molecule has 0 fully saturated rings. The van der Waals surface area contributed by atoms with E-state index in [0.29, 0.717) is 10.0 Å². The summed E-state index contributed by atoms with van der Waals surface area (Å²) in [7, 11) is 0. The molecule has 0 aliphatic rings. The summed E-state index contributed by atoms with van der Waals surface area (Å²) in [5.41, 5.74) is 3.16. The fraction of sp³-hybridized carbons (Fsp3) is 0.143. The molecule has 0 saturated heterocycles. The standard InChI is InChI=1S/C14H11Cl3/c1-9-2-4-10(5-3-9)14(17)11-6-12(15)8-13(16)7-11/h2-8,14H,1H3. The minimum Gasteiger partial charge on any atom is -0.113 e. The second-order valence-electron chi connectivity index (χ2n) is 3.98. The Hall–Kier alpha value is -0.690. The highest BCUT2D eigenvalue weighted by Crippen LogP contribution is 2.32. The Labute approximate surface area is 116 Å². The first-order valence-corrected chi connectivity index (χ1v) is 6.42. The third-order valence-electron chi connectivity index (χ3n) is 2.55. The summed E-state index contributed by atoms with van der Waals surface area (Å²) < 4.78 is 0. The first-order chi connectivity index (χ1) is 8.06. The van der Waals surface area contributed by atoms with Crippen LogP contribution in [0.4, 0.5) is 0 Å². The van der Waals surface area contributed by atoms with Crippen molar-refractivity contribution in [3.8, 4) is 0 Å². The minimum atomic E-state index is -0.230. The molecular formula is C14H11Cl3. The van der Waals surface area contributed by atoms with Crippen LogP contribution in [-0.4, -0.2) is 0 Å². The fourth-order valence-corrected chi connectivity index (χ4v) is 2.46. The van der Waals surface area contributed by atoms with Crippen LogP contribution in [0, 0.1) is 6.92 Å². The molecule has 0 aliphatic carbocycles. The first-order valence-electron chi connectivity index (χ1n) is 5.23. The van der Waals surface area contributed by atoms with Crippen LogP contribution in [0.1, 0.15) is 22.1 Å². The van der Waals surface area contributed by atoms with Gasteiger partial charge in [0, 0.05) is 10.0 Å². The molecular weight excluding hydrogens is 275 g/mol. The molecule has 0 amide bonds. The second kappa shape index (κ2) is 5.30. The van der Waals surface area contributed by atoms with Gasteiger partial charge in [0.1, 0.15) is 0 Å². The predicted octanol–water partition coefficient (Wildman–Crippen LogP) is 5.63. The van der Waals surface area contributed by atoms with Crippen LogP contribution in [0.3, 0.4) is 0 Å². The van der Waals surface area contributed by atoms with Gasteiger partial charge in [0.25, 0.3) is 0 Å². The van der Waals surface area contributed by atoms with Crippen LogP contribution in [0.5, 0.6) is 0 Å². The van der Waals surface area contributed by atoms with E-state index < -0.39 is 0 Å². The van der Waals surface area contributed by atoms with E-state index in [-0.39, 0.29) is 5.38 Å². The van der Waals surface area contributed by atoms with Gasteiger partial charge in [-0.05, 0) is 36.2 Å². The van der Waals surface area contributed by atoms with Crippen LogP contribution >= 0.6 is 34.8 Å². The third-order valence-corrected chi connectivity index (χ3v) is 3.49. The molecule has 0 N–H and O–H groups in total. The van der Waals surface area contributed by atoms with Crippen LogP contribution in [0.15, 0.2) is 42.5 Å². The van der Waals surface area contributed by atoms with Crippen LogP contribution in [0.25, 0.3) is 0 Å². The van der Waals surface area contributed by atoms with Crippen LogP contribution in [-0.2, 0) is 0 Å². The molecule has 2 rings (SSSR count). The Morgan fingerprint density at radius 2 is 1.35 bits per heavy atom. The number of hydrogen-bond donors (Lipinski definition) is 0. The van der Waals surface area contributed by atoms with E-state index in [2.05, 4.69) is 0 Å². The van der Waals surface area contributed by atoms with E-state index >= 15 is 0 Å². The average Bonchev–Trinajstić information content (AvgIpc) is 2.28. The molecule has 0 bridgehead atoms. The summed E-state index contributed by atoms with van der Waals surface area (Å²) in [6.07, 6.45) is 0. The summed E-state index contributed by atoms with van der Waals surface area (Å²) in [5, 5.41) is 0.974. The van der Waals surface area contributed by atoms with Gasteiger partial charge in [-0.1, -0.05) is 53.0 Å². The maximum Gasteiger partial charge on any atom is 0.0836 e. The Kier molecular flexibility index (Phi) is 3.98. The Balaban J connectivity index is 2.36. The molecule has 3 heteroatoms. The monoisotopic (exact) mass is 284 g/mol. The van der Waals surface area contributed by atoms with Gasteiger partial charge in [-0.15, -0.1) is 11.6 Å². The predicted molar refractivity (Wildman–Crippen MR) is 75.3 cm³/mol. The summed E-state index contributed by atoms with van der Waals surface area (Å²) in [6, 6.07) is 13.5. The fourth-order valence-electron chi connectivity index (χ4n) is 1.65. The lowest BCUT2D eigenvalue weighted by atomic mass is 10.0. The number of rotatable bonds is 2. The van der Waals surface area contributed by atoms with Gasteiger partial charge in [0.05, 0.1) is 5.38 Å². The maximum atomic E-state index is 6.41. The Morgan fingerprint density at radius 3 is 1.88 bits per heavy atom. The molecule has 0 aliphatic heterocycles. The maximum absolute atomic E-state index is 6.41. The van der Waals surface area contributed by atoms with Gasteiger partial charge in [0.2, 0.25) is 0 Å². The average molecular weight is 286 g/mol. The van der Waals surface area contributed by atoms with Crippen molar-refractivity contribution in [3.63, 3.8) is 0 Å². The second-order valence-corrected chi connectivity index (χ2v) is 5.29. The largest absolute Gasteiger partial charge is 0.113 e. The molecule has 0 spiro atoms. The highest BCUT2D eigenvalue weighted by atomic mass is 35.5. The van der Waals surface area contributed by atoms with Gasteiger partial charge in [-0.3, -0.25) is 0 Å². The molecule has 0 aromatic heterocycles. The normalized spacial score (nSPS) is 12.5. The van der Waals surface area contributed by atoms with Crippen LogP contribution in [0.2, 0.25) is 10.0 Å². The zero-order valence-electron chi connectivity index (χ0n) is 9.25. The summed E-state index contributed by atoms with van der Waals surface area (Å²) in [4.78, 5) is 0. The Morgan fingerprint density at radius 1 is 0.824 bits per heavy atom. The molecule has 2 aromatic rings. The van der Waals surface area contributed by atoms with Crippen molar-refractivity contribution in [2.24, 2.45) is 0 Å². The van der Waals surface area contributed by atoms with E-state index in [0.717, 1.165) is 11.1 Å². The summed E-state index contributed by atoms with van der Waals surface area (Å²) in [5.74, 6) is 0. The highest BCUT2D eigenvalue weighted by Gasteiger charge is 2.11. The quantitative estimate of drug-likeness (QED) is 0.627. The number of hydrogen-bond acceptors (Lipinski definition) is 0. The van der Waals surface area contributed by atoms with E-state index in [9.17, 15) is 0 Å². The van der Waals surface area contributed by atoms with Crippen molar-refractivity contribution >= 4 is 34.8 Å². The van der Waals surface area contributed by atoms with Crippen molar-refractivity contribution in [3.05, 3.63) is 69.2 Å². The van der Waals surface area contributed by atoms with Gasteiger partial charge >= 0.3 is 0 Å². The highest BCUT2D eigenvalue weighted by molar-refractivity contribution is 6.35. The lowest BCUT2D eigenvalue weighted by Gasteiger charge is -2.11. The molecule has 88 valence electrons. The lowest BCUT2D eigenvalue weighted by molar-refractivity contribution is 1.14. The molecule has 0 heterocycles. The van der Waals surface area contributed by atoms with Gasteiger partial charge < -0.3 is 0 Å². The molecule has 0 nitrogen and oxygen atoms in total. The van der Waals surface area contributed by atoms with Crippen molar-refractivity contribution in [2.45, 2.75) is 12.3 Å². The SMILES string of the molecule is Cc1ccc(C(Cl)c2cc(Cl)cc(Cl)c2)cc1. The first kappa shape index (κ1) is 12.8. The topological polar surface area (TPSA) is 0 Å². The molecule has 0 saturated carbocycles. The van der Waals surface area contributed by atoms with Gasteiger partial charge in [-0.2, -0.15) is 0 Å². The minimum absolute atomic E-state index is 0.230.